The lowest BCUT2D eigenvalue weighted by molar-refractivity contribution is 0.408. The number of methoxy groups -OCH3 is 2. The largest absolute Gasteiger partial charge is 0.496 e. The Hall–Kier alpha value is -2.08. The molecular weight excluding hydrogens is 490 g/mol. The number of hydrogen-bond acceptors (Lipinski definition) is 2. The predicted molar refractivity (Wildman–Crippen MR) is 131 cm³/mol. The zero-order valence-corrected chi connectivity index (χ0v) is 20.5. The van der Waals surface area contributed by atoms with Gasteiger partial charge in [-0.3, -0.25) is 0 Å². The number of halogens is 2. The highest BCUT2D eigenvalue weighted by Gasteiger charge is 2.27. The summed E-state index contributed by atoms with van der Waals surface area (Å²) in [5.41, 5.74) is 5.76. The van der Waals surface area contributed by atoms with Crippen LogP contribution in [-0.4, -0.2) is 14.2 Å². The highest BCUT2D eigenvalue weighted by molar-refractivity contribution is 14.1. The van der Waals surface area contributed by atoms with Crippen LogP contribution >= 0.6 is 22.6 Å². The average Bonchev–Trinajstić information content (AvgIpc) is 2.72. The van der Waals surface area contributed by atoms with Gasteiger partial charge in [-0.05, 0) is 69.8 Å². The topological polar surface area (TPSA) is 18.5 Å². The molecule has 4 heteroatoms. The molecule has 0 amide bonds. The predicted octanol–water partition coefficient (Wildman–Crippen LogP) is 8.03. The van der Waals surface area contributed by atoms with Crippen LogP contribution in [0.5, 0.6) is 11.5 Å². The second-order valence-electron chi connectivity index (χ2n) is 7.94. The molecule has 3 aromatic rings. The molecule has 0 spiro atoms. The first kappa shape index (κ1) is 22.6. The SMILES string of the molecule is COc1cccc(I)c1-c1c(C(C)C)cc(-c2ccccc2F)c(OC)c1C(C)C. The maximum atomic E-state index is 14.8. The van der Waals surface area contributed by atoms with Crippen LogP contribution in [0.15, 0.2) is 48.5 Å². The smallest absolute Gasteiger partial charge is 0.131 e. The summed E-state index contributed by atoms with van der Waals surface area (Å²) in [6.07, 6.45) is 0. The van der Waals surface area contributed by atoms with Gasteiger partial charge in [-0.15, -0.1) is 0 Å². The molecule has 0 saturated heterocycles. The van der Waals surface area contributed by atoms with Crippen LogP contribution < -0.4 is 9.47 Å². The average molecular weight is 518 g/mol. The molecule has 0 saturated carbocycles. The molecule has 0 N–H and O–H groups in total. The molecule has 0 aliphatic rings. The normalized spacial score (nSPS) is 11.3. The lowest BCUT2D eigenvalue weighted by atomic mass is 9.81. The number of benzene rings is 3. The number of ether oxygens (including phenoxy) is 2. The van der Waals surface area contributed by atoms with Crippen molar-refractivity contribution in [2.24, 2.45) is 0 Å². The molecule has 3 aromatic carbocycles. The second kappa shape index (κ2) is 9.38. The van der Waals surface area contributed by atoms with Gasteiger partial charge in [0.2, 0.25) is 0 Å². The first-order valence-electron chi connectivity index (χ1n) is 10.1. The Morgan fingerprint density at radius 2 is 1.50 bits per heavy atom. The highest BCUT2D eigenvalue weighted by Crippen LogP contribution is 2.50. The zero-order valence-electron chi connectivity index (χ0n) is 18.3. The Balaban J connectivity index is 2.52. The Kier molecular flexibility index (Phi) is 7.06. The molecule has 30 heavy (non-hydrogen) atoms. The first-order chi connectivity index (χ1) is 14.3. The van der Waals surface area contributed by atoms with Gasteiger partial charge in [-0.2, -0.15) is 0 Å². The third-order valence-corrected chi connectivity index (χ3v) is 6.26. The van der Waals surface area contributed by atoms with Crippen LogP contribution in [0.25, 0.3) is 22.3 Å². The van der Waals surface area contributed by atoms with Crippen molar-refractivity contribution in [3.05, 3.63) is 69.0 Å². The van der Waals surface area contributed by atoms with Crippen molar-refractivity contribution in [2.45, 2.75) is 39.5 Å². The van der Waals surface area contributed by atoms with E-state index in [0.29, 0.717) is 5.56 Å². The van der Waals surface area contributed by atoms with Gasteiger partial charge < -0.3 is 9.47 Å². The van der Waals surface area contributed by atoms with Crippen molar-refractivity contribution in [3.63, 3.8) is 0 Å². The summed E-state index contributed by atoms with van der Waals surface area (Å²) < 4.78 is 27.6. The van der Waals surface area contributed by atoms with Gasteiger partial charge in [0, 0.05) is 25.8 Å². The molecule has 0 radical (unpaired) electrons. The van der Waals surface area contributed by atoms with Gasteiger partial charge in [0.25, 0.3) is 0 Å². The summed E-state index contributed by atoms with van der Waals surface area (Å²) in [7, 11) is 3.36. The van der Waals surface area contributed by atoms with Crippen molar-refractivity contribution >= 4 is 22.6 Å². The van der Waals surface area contributed by atoms with Crippen LogP contribution in [0.1, 0.15) is 50.7 Å². The molecule has 0 aliphatic heterocycles. The second-order valence-corrected chi connectivity index (χ2v) is 9.10. The van der Waals surface area contributed by atoms with E-state index >= 15 is 0 Å². The van der Waals surface area contributed by atoms with Gasteiger partial charge in [0.05, 0.1) is 14.2 Å². The van der Waals surface area contributed by atoms with Crippen LogP contribution in [0.2, 0.25) is 0 Å². The third kappa shape index (κ3) is 4.07. The minimum absolute atomic E-state index is 0.167. The van der Waals surface area contributed by atoms with E-state index in [2.05, 4.69) is 62.4 Å². The van der Waals surface area contributed by atoms with E-state index in [0.717, 1.165) is 42.9 Å². The van der Waals surface area contributed by atoms with Crippen LogP contribution in [0.4, 0.5) is 4.39 Å². The van der Waals surface area contributed by atoms with E-state index < -0.39 is 0 Å². The summed E-state index contributed by atoms with van der Waals surface area (Å²) >= 11 is 2.36. The molecule has 0 bridgehead atoms. The van der Waals surface area contributed by atoms with E-state index in [1.165, 1.54) is 6.07 Å². The molecule has 0 unspecified atom stereocenters. The maximum Gasteiger partial charge on any atom is 0.131 e. The minimum atomic E-state index is -0.250. The number of rotatable bonds is 6. The van der Waals surface area contributed by atoms with Crippen molar-refractivity contribution in [2.75, 3.05) is 14.2 Å². The summed E-state index contributed by atoms with van der Waals surface area (Å²) in [6.45, 7) is 8.64. The molecule has 0 heterocycles. The zero-order chi connectivity index (χ0) is 22.0. The van der Waals surface area contributed by atoms with E-state index in [-0.39, 0.29) is 17.7 Å². The minimum Gasteiger partial charge on any atom is -0.496 e. The Labute approximate surface area is 192 Å². The van der Waals surface area contributed by atoms with Crippen LogP contribution in [-0.2, 0) is 0 Å². The molecule has 0 fully saturated rings. The maximum absolute atomic E-state index is 14.8. The van der Waals surface area contributed by atoms with E-state index in [1.807, 2.05) is 24.3 Å². The quantitative estimate of drug-likeness (QED) is 0.308. The van der Waals surface area contributed by atoms with Gasteiger partial charge in [-0.25, -0.2) is 4.39 Å². The summed E-state index contributed by atoms with van der Waals surface area (Å²) in [6, 6.07) is 15.0. The van der Waals surface area contributed by atoms with Crippen molar-refractivity contribution < 1.29 is 13.9 Å². The Bertz CT molecular complexity index is 1060. The summed E-state index contributed by atoms with van der Waals surface area (Å²) in [5.74, 6) is 1.69. The molecular formula is C26H28FIO2. The Morgan fingerprint density at radius 1 is 0.800 bits per heavy atom. The van der Waals surface area contributed by atoms with Gasteiger partial charge in [0.1, 0.15) is 17.3 Å². The molecule has 0 aromatic heterocycles. The van der Waals surface area contributed by atoms with Crippen molar-refractivity contribution in [1.29, 1.82) is 0 Å². The monoisotopic (exact) mass is 518 g/mol. The Morgan fingerprint density at radius 3 is 2.07 bits per heavy atom. The molecule has 158 valence electrons. The molecule has 0 aliphatic carbocycles. The van der Waals surface area contributed by atoms with Crippen LogP contribution in [0.3, 0.4) is 0 Å². The van der Waals surface area contributed by atoms with Gasteiger partial charge in [0.15, 0.2) is 0 Å². The number of hydrogen-bond donors (Lipinski definition) is 0. The van der Waals surface area contributed by atoms with E-state index in [9.17, 15) is 4.39 Å². The van der Waals surface area contributed by atoms with E-state index in [4.69, 9.17) is 9.47 Å². The standard InChI is InChI=1S/C26H28FIO2/c1-15(2)18-14-19(17-10-7-8-11-20(17)27)26(30-6)23(16(3)4)24(18)25-21(28)12-9-13-22(25)29-5/h7-16H,1-6H3. The first-order valence-corrected chi connectivity index (χ1v) is 11.2. The van der Waals surface area contributed by atoms with Crippen molar-refractivity contribution in [3.8, 4) is 33.8 Å². The summed E-state index contributed by atoms with van der Waals surface area (Å²) in [5, 5.41) is 0. The summed E-state index contributed by atoms with van der Waals surface area (Å²) in [4.78, 5) is 0. The fourth-order valence-corrected chi connectivity index (χ4v) is 4.75. The highest BCUT2D eigenvalue weighted by atomic mass is 127. The van der Waals surface area contributed by atoms with E-state index in [1.54, 1.807) is 20.3 Å². The van der Waals surface area contributed by atoms with Crippen LogP contribution in [0, 0.1) is 9.39 Å². The fourth-order valence-electron chi connectivity index (χ4n) is 4.01. The molecule has 0 atom stereocenters. The molecule has 2 nitrogen and oxygen atoms in total. The third-order valence-electron chi connectivity index (χ3n) is 5.36. The van der Waals surface area contributed by atoms with Gasteiger partial charge in [-0.1, -0.05) is 52.0 Å². The lowest BCUT2D eigenvalue weighted by Crippen LogP contribution is -2.07. The van der Waals surface area contributed by atoms with Crippen molar-refractivity contribution in [1.82, 2.24) is 0 Å². The van der Waals surface area contributed by atoms with Gasteiger partial charge >= 0.3 is 0 Å². The lowest BCUT2D eigenvalue weighted by Gasteiger charge is -2.27. The molecule has 3 rings (SSSR count). The fraction of sp³-hybridized carbons (Fsp3) is 0.308.